The van der Waals surface area contributed by atoms with E-state index in [1.807, 2.05) is 16.8 Å². The molecule has 0 fully saturated rings. The molecule has 0 saturated carbocycles. The van der Waals surface area contributed by atoms with Crippen LogP contribution in [0.2, 0.25) is 0 Å². The molecule has 0 saturated heterocycles. The van der Waals surface area contributed by atoms with Crippen LogP contribution in [0, 0.1) is 11.3 Å². The molecular formula is C18H20N2O4S. The number of nitriles is 1. The molecule has 0 spiro atoms. The van der Waals surface area contributed by atoms with Gasteiger partial charge in [0.25, 0.3) is 0 Å². The van der Waals surface area contributed by atoms with Gasteiger partial charge in [-0.1, -0.05) is 0 Å². The molecule has 0 radical (unpaired) electrons. The van der Waals surface area contributed by atoms with E-state index in [0.29, 0.717) is 22.8 Å². The first kappa shape index (κ1) is 18.6. The summed E-state index contributed by atoms with van der Waals surface area (Å²) in [5.41, 5.74) is 1.48. The highest BCUT2D eigenvalue weighted by Crippen LogP contribution is 2.39. The zero-order valence-electron chi connectivity index (χ0n) is 14.5. The van der Waals surface area contributed by atoms with Gasteiger partial charge in [-0.15, -0.1) is 0 Å². The monoisotopic (exact) mass is 360 g/mol. The van der Waals surface area contributed by atoms with Gasteiger partial charge in [-0.25, -0.2) is 0 Å². The van der Waals surface area contributed by atoms with E-state index in [1.54, 1.807) is 19.1 Å². The van der Waals surface area contributed by atoms with Crippen molar-refractivity contribution in [3.05, 3.63) is 40.1 Å². The summed E-state index contributed by atoms with van der Waals surface area (Å²) in [6.07, 6.45) is 0. The Morgan fingerprint density at radius 1 is 1.16 bits per heavy atom. The third-order valence-electron chi connectivity index (χ3n) is 3.87. The number of hydrogen-bond donors (Lipinski definition) is 1. The molecule has 1 heterocycles. The lowest BCUT2D eigenvalue weighted by Gasteiger charge is -2.19. The van der Waals surface area contributed by atoms with Crippen molar-refractivity contribution in [3.63, 3.8) is 0 Å². The zero-order chi connectivity index (χ0) is 18.4. The third kappa shape index (κ3) is 4.03. The molecule has 2 unspecified atom stereocenters. The van der Waals surface area contributed by atoms with Crippen molar-refractivity contribution in [3.8, 4) is 23.3 Å². The number of amides is 1. The van der Waals surface area contributed by atoms with E-state index in [-0.39, 0.29) is 11.8 Å². The van der Waals surface area contributed by atoms with Crippen LogP contribution < -0.4 is 19.5 Å². The average Bonchev–Trinajstić information content (AvgIpc) is 3.18. The molecule has 0 aliphatic carbocycles. The highest BCUT2D eigenvalue weighted by atomic mass is 32.1. The number of hydrogen-bond acceptors (Lipinski definition) is 6. The summed E-state index contributed by atoms with van der Waals surface area (Å²) in [6, 6.07) is 6.49. The van der Waals surface area contributed by atoms with Gasteiger partial charge in [0.2, 0.25) is 11.7 Å². The Morgan fingerprint density at radius 3 is 2.24 bits per heavy atom. The van der Waals surface area contributed by atoms with Gasteiger partial charge in [0.1, 0.15) is 6.04 Å². The van der Waals surface area contributed by atoms with Crippen molar-refractivity contribution in [2.75, 3.05) is 21.3 Å². The van der Waals surface area contributed by atoms with E-state index in [9.17, 15) is 10.1 Å². The van der Waals surface area contributed by atoms with Crippen LogP contribution in [0.15, 0.2) is 29.0 Å². The van der Waals surface area contributed by atoms with Crippen LogP contribution in [0.4, 0.5) is 0 Å². The van der Waals surface area contributed by atoms with E-state index in [0.717, 1.165) is 5.56 Å². The van der Waals surface area contributed by atoms with Gasteiger partial charge >= 0.3 is 0 Å². The summed E-state index contributed by atoms with van der Waals surface area (Å²) >= 11 is 1.53. The highest BCUT2D eigenvalue weighted by Gasteiger charge is 2.23. The van der Waals surface area contributed by atoms with E-state index in [1.165, 1.54) is 32.7 Å². The fourth-order valence-corrected chi connectivity index (χ4v) is 3.15. The summed E-state index contributed by atoms with van der Waals surface area (Å²) in [5.74, 6) is 0.723. The molecule has 7 heteroatoms. The maximum absolute atomic E-state index is 12.5. The van der Waals surface area contributed by atoms with Crippen molar-refractivity contribution in [2.45, 2.75) is 18.9 Å². The van der Waals surface area contributed by atoms with Gasteiger partial charge in [-0.2, -0.15) is 16.6 Å². The molecule has 1 aromatic carbocycles. The molecule has 132 valence electrons. The van der Waals surface area contributed by atoms with Crippen molar-refractivity contribution in [2.24, 2.45) is 0 Å². The Balaban J connectivity index is 2.28. The first-order valence-corrected chi connectivity index (χ1v) is 8.52. The second-order valence-electron chi connectivity index (χ2n) is 5.31. The minimum atomic E-state index is -0.831. The minimum absolute atomic E-state index is 0.223. The van der Waals surface area contributed by atoms with Crippen LogP contribution in [0.1, 0.15) is 30.0 Å². The summed E-state index contributed by atoms with van der Waals surface area (Å²) < 4.78 is 15.9. The average molecular weight is 360 g/mol. The number of benzene rings is 1. The Hall–Kier alpha value is -2.72. The quantitative estimate of drug-likeness (QED) is 0.820. The van der Waals surface area contributed by atoms with Gasteiger partial charge < -0.3 is 19.5 Å². The van der Waals surface area contributed by atoms with Crippen LogP contribution in [0.3, 0.4) is 0 Å². The van der Waals surface area contributed by atoms with Crippen LogP contribution in [-0.2, 0) is 4.79 Å². The molecular weight excluding hydrogens is 340 g/mol. The van der Waals surface area contributed by atoms with E-state index in [2.05, 4.69) is 11.4 Å². The number of carbonyl (C=O) groups excluding carboxylic acids is 1. The summed E-state index contributed by atoms with van der Waals surface area (Å²) in [6.45, 7) is 1.81. The van der Waals surface area contributed by atoms with Gasteiger partial charge in [0.05, 0.1) is 33.3 Å². The van der Waals surface area contributed by atoms with Crippen molar-refractivity contribution < 1.29 is 19.0 Å². The zero-order valence-corrected chi connectivity index (χ0v) is 15.3. The van der Waals surface area contributed by atoms with Gasteiger partial charge in [-0.05, 0) is 47.0 Å². The molecule has 1 aromatic heterocycles. The Kier molecular flexibility index (Phi) is 6.25. The molecule has 6 nitrogen and oxygen atoms in total. The van der Waals surface area contributed by atoms with Gasteiger partial charge in [-0.3, -0.25) is 4.79 Å². The largest absolute Gasteiger partial charge is 0.493 e. The maximum Gasteiger partial charge on any atom is 0.228 e. The number of rotatable bonds is 7. The van der Waals surface area contributed by atoms with Crippen LogP contribution in [-0.4, -0.2) is 27.2 Å². The summed E-state index contributed by atoms with van der Waals surface area (Å²) in [4.78, 5) is 12.5. The number of nitrogens with one attached hydrogen (secondary N) is 1. The topological polar surface area (TPSA) is 80.6 Å². The van der Waals surface area contributed by atoms with Crippen molar-refractivity contribution in [1.29, 1.82) is 5.26 Å². The number of carbonyl (C=O) groups is 1. The van der Waals surface area contributed by atoms with E-state index >= 15 is 0 Å². The lowest BCUT2D eigenvalue weighted by molar-refractivity contribution is -0.122. The highest BCUT2D eigenvalue weighted by molar-refractivity contribution is 7.08. The fourth-order valence-electron chi connectivity index (χ4n) is 2.40. The maximum atomic E-state index is 12.5. The first-order chi connectivity index (χ1) is 12.0. The predicted octanol–water partition coefficient (Wildman–Crippen LogP) is 3.26. The molecule has 2 rings (SSSR count). The van der Waals surface area contributed by atoms with Gasteiger partial charge in [0.15, 0.2) is 11.5 Å². The lowest BCUT2D eigenvalue weighted by atomic mass is 10.0. The second-order valence-corrected chi connectivity index (χ2v) is 6.09. The van der Waals surface area contributed by atoms with Crippen molar-refractivity contribution >= 4 is 17.2 Å². The Labute approximate surface area is 150 Å². The Bertz CT molecular complexity index is 743. The Morgan fingerprint density at radius 2 is 1.80 bits per heavy atom. The predicted molar refractivity (Wildman–Crippen MR) is 95.3 cm³/mol. The molecule has 0 aliphatic heterocycles. The smallest absolute Gasteiger partial charge is 0.228 e. The molecule has 1 amide bonds. The van der Waals surface area contributed by atoms with Gasteiger partial charge in [0, 0.05) is 0 Å². The number of nitrogens with zero attached hydrogens (tertiary/aromatic N) is 1. The normalized spacial score (nSPS) is 12.6. The summed E-state index contributed by atoms with van der Waals surface area (Å²) in [5, 5.41) is 16.1. The van der Waals surface area contributed by atoms with Crippen LogP contribution in [0.5, 0.6) is 17.2 Å². The number of methoxy groups -OCH3 is 3. The minimum Gasteiger partial charge on any atom is -0.493 e. The summed E-state index contributed by atoms with van der Waals surface area (Å²) in [7, 11) is 4.51. The second kappa shape index (κ2) is 8.40. The van der Waals surface area contributed by atoms with Crippen LogP contribution in [0.25, 0.3) is 0 Å². The van der Waals surface area contributed by atoms with Crippen LogP contribution >= 0.6 is 11.3 Å². The third-order valence-corrected chi connectivity index (χ3v) is 4.57. The molecule has 1 N–H and O–H groups in total. The number of thiophene rings is 1. The number of ether oxygens (including phenoxy) is 3. The molecule has 0 aliphatic rings. The molecule has 2 atom stereocenters. The fraction of sp³-hybridized carbons (Fsp3) is 0.333. The SMILES string of the molecule is COc1cc(C(C#N)NC(=O)C(C)c2ccsc2)cc(OC)c1OC. The van der Waals surface area contributed by atoms with E-state index in [4.69, 9.17) is 14.2 Å². The first-order valence-electron chi connectivity index (χ1n) is 7.57. The lowest BCUT2D eigenvalue weighted by Crippen LogP contribution is -2.31. The van der Waals surface area contributed by atoms with Crippen molar-refractivity contribution in [1.82, 2.24) is 5.32 Å². The standard InChI is InChI=1S/C18H20N2O4S/c1-11(12-5-6-25-10-12)18(21)20-14(9-19)13-7-15(22-2)17(24-4)16(8-13)23-3/h5-8,10-11,14H,1-4H3,(H,20,21). The molecule has 25 heavy (non-hydrogen) atoms. The molecule has 0 bridgehead atoms. The van der Waals surface area contributed by atoms with E-state index < -0.39 is 6.04 Å². The molecule has 2 aromatic rings.